The van der Waals surface area contributed by atoms with Gasteiger partial charge in [-0.3, -0.25) is 9.59 Å². The van der Waals surface area contributed by atoms with E-state index in [1.54, 1.807) is 0 Å². The monoisotopic (exact) mass is 482 g/mol. The zero-order valence-corrected chi connectivity index (χ0v) is 19.1. The largest absolute Gasteiger partial charge is 0.456 e. The van der Waals surface area contributed by atoms with E-state index in [1.165, 1.54) is 34.3 Å². The van der Waals surface area contributed by atoms with Gasteiger partial charge in [0.2, 0.25) is 10.0 Å². The molecule has 1 heterocycles. The van der Waals surface area contributed by atoms with Gasteiger partial charge in [0.25, 0.3) is 5.91 Å². The second-order valence-electron chi connectivity index (χ2n) is 6.87. The van der Waals surface area contributed by atoms with Gasteiger partial charge in [0.15, 0.2) is 6.61 Å². The minimum Gasteiger partial charge on any atom is -0.456 e. The van der Waals surface area contributed by atoms with Gasteiger partial charge in [0.05, 0.1) is 22.0 Å². The highest BCUT2D eigenvalue weighted by Gasteiger charge is 2.27. The molecule has 1 fully saturated rings. The fraction of sp³-hybridized carbons (Fsp3) is 0.333. The predicted octanol–water partition coefficient (Wildman–Crippen LogP) is 3.79. The van der Waals surface area contributed by atoms with Gasteiger partial charge in [0.1, 0.15) is 0 Å². The molecular formula is C21H23ClN2O5S2. The molecule has 1 aliphatic rings. The number of hydrogen-bond donors (Lipinski definition) is 1. The summed E-state index contributed by atoms with van der Waals surface area (Å²) < 4.78 is 31.8. The number of hydrogen-bond acceptors (Lipinski definition) is 6. The number of carbonyl (C=O) groups excluding carboxylic acids is 2. The van der Waals surface area contributed by atoms with Crippen LogP contribution in [0.5, 0.6) is 0 Å². The van der Waals surface area contributed by atoms with Crippen molar-refractivity contribution >= 4 is 50.9 Å². The second kappa shape index (κ2) is 11.0. The van der Waals surface area contributed by atoms with Gasteiger partial charge in [-0.25, -0.2) is 8.42 Å². The summed E-state index contributed by atoms with van der Waals surface area (Å²) in [7, 11) is -3.64. The molecule has 166 valence electrons. The average Bonchev–Trinajstić information content (AvgIpc) is 3.30. The van der Waals surface area contributed by atoms with Crippen LogP contribution in [0.25, 0.3) is 0 Å². The lowest BCUT2D eigenvalue weighted by Crippen LogP contribution is -2.28. The van der Waals surface area contributed by atoms with Crippen LogP contribution in [-0.4, -0.2) is 50.0 Å². The molecule has 7 nitrogen and oxygen atoms in total. The van der Waals surface area contributed by atoms with Gasteiger partial charge in [-0.05, 0) is 43.2 Å². The van der Waals surface area contributed by atoms with Gasteiger partial charge in [0, 0.05) is 23.7 Å². The number of nitrogens with one attached hydrogen (secondary N) is 1. The zero-order valence-electron chi connectivity index (χ0n) is 16.8. The van der Waals surface area contributed by atoms with E-state index in [9.17, 15) is 18.0 Å². The lowest BCUT2D eigenvalue weighted by molar-refractivity contribution is -0.146. The minimum absolute atomic E-state index is 0.0593. The van der Waals surface area contributed by atoms with Gasteiger partial charge < -0.3 is 10.1 Å². The van der Waals surface area contributed by atoms with Crippen LogP contribution in [0.4, 0.5) is 5.69 Å². The Hall–Kier alpha value is -2.07. The van der Waals surface area contributed by atoms with Crippen LogP contribution < -0.4 is 5.32 Å². The summed E-state index contributed by atoms with van der Waals surface area (Å²) in [4.78, 5) is 25.1. The number of sulfonamides is 1. The number of benzene rings is 2. The van der Waals surface area contributed by atoms with E-state index in [1.807, 2.05) is 30.3 Å². The Bertz CT molecular complexity index is 1030. The predicted molar refractivity (Wildman–Crippen MR) is 121 cm³/mol. The maximum atomic E-state index is 12.7. The molecule has 0 aliphatic carbocycles. The number of carbonyl (C=O) groups is 2. The Labute approximate surface area is 191 Å². The fourth-order valence-corrected chi connectivity index (χ4v) is 5.57. The molecule has 1 N–H and O–H groups in total. The average molecular weight is 483 g/mol. The number of halogens is 1. The van der Waals surface area contributed by atoms with Crippen molar-refractivity contribution < 1.29 is 22.7 Å². The highest BCUT2D eigenvalue weighted by atomic mass is 35.5. The first kappa shape index (κ1) is 23.6. The van der Waals surface area contributed by atoms with Crippen LogP contribution in [0.2, 0.25) is 5.02 Å². The third kappa shape index (κ3) is 6.70. The van der Waals surface area contributed by atoms with Gasteiger partial charge in [-0.15, -0.1) is 11.8 Å². The Morgan fingerprint density at radius 3 is 2.52 bits per heavy atom. The van der Waals surface area contributed by atoms with Crippen LogP contribution in [-0.2, 0) is 24.3 Å². The Balaban J connectivity index is 1.50. The fourth-order valence-electron chi connectivity index (χ4n) is 3.01. The maximum Gasteiger partial charge on any atom is 0.307 e. The van der Waals surface area contributed by atoms with E-state index in [-0.39, 0.29) is 22.0 Å². The summed E-state index contributed by atoms with van der Waals surface area (Å²) in [6, 6.07) is 13.8. The lowest BCUT2D eigenvalue weighted by atomic mass is 10.3. The Kier molecular flexibility index (Phi) is 8.36. The third-order valence-electron chi connectivity index (χ3n) is 4.60. The highest BCUT2D eigenvalue weighted by molar-refractivity contribution is 7.99. The van der Waals surface area contributed by atoms with Crippen molar-refractivity contribution in [2.24, 2.45) is 0 Å². The summed E-state index contributed by atoms with van der Waals surface area (Å²) in [5.41, 5.74) is 0.155. The molecule has 0 radical (unpaired) electrons. The van der Waals surface area contributed by atoms with Crippen LogP contribution in [0.1, 0.15) is 19.3 Å². The quantitative estimate of drug-likeness (QED) is 0.432. The van der Waals surface area contributed by atoms with E-state index in [0.717, 1.165) is 17.7 Å². The first-order valence-electron chi connectivity index (χ1n) is 9.79. The lowest BCUT2D eigenvalue weighted by Gasteiger charge is -2.16. The summed E-state index contributed by atoms with van der Waals surface area (Å²) in [5, 5.41) is 2.71. The first-order chi connectivity index (χ1) is 14.9. The van der Waals surface area contributed by atoms with E-state index in [2.05, 4.69) is 5.32 Å². The molecule has 0 aromatic heterocycles. The number of anilines is 1. The summed E-state index contributed by atoms with van der Waals surface area (Å²) in [6.45, 7) is 0.477. The van der Waals surface area contributed by atoms with Crippen LogP contribution in [0, 0.1) is 0 Å². The molecule has 0 atom stereocenters. The van der Waals surface area contributed by atoms with Crippen LogP contribution in [0.3, 0.4) is 0 Å². The van der Waals surface area contributed by atoms with Gasteiger partial charge >= 0.3 is 5.97 Å². The van der Waals surface area contributed by atoms with Crippen molar-refractivity contribution in [3.8, 4) is 0 Å². The first-order valence-corrected chi connectivity index (χ1v) is 12.6. The number of ether oxygens (including phenoxy) is 1. The third-order valence-corrected chi connectivity index (χ3v) is 7.84. The minimum atomic E-state index is -3.64. The van der Waals surface area contributed by atoms with Crippen LogP contribution in [0.15, 0.2) is 58.3 Å². The molecule has 0 unspecified atom stereocenters. The normalized spacial score (nSPS) is 14.4. The van der Waals surface area contributed by atoms with Crippen molar-refractivity contribution in [3.63, 3.8) is 0 Å². The SMILES string of the molecule is O=C(COC(=O)CCSc1ccccc1)Nc1cc(S(=O)(=O)N2CCCC2)ccc1Cl. The van der Waals surface area contributed by atoms with Crippen molar-refractivity contribution in [2.75, 3.05) is 30.8 Å². The summed E-state index contributed by atoms with van der Waals surface area (Å²) in [6.07, 6.45) is 1.81. The van der Waals surface area contributed by atoms with Crippen molar-refractivity contribution in [1.82, 2.24) is 4.31 Å². The van der Waals surface area contributed by atoms with Gasteiger partial charge in [-0.1, -0.05) is 29.8 Å². The zero-order chi connectivity index (χ0) is 22.3. The number of esters is 1. The molecular weight excluding hydrogens is 460 g/mol. The number of nitrogens with zero attached hydrogens (tertiary/aromatic N) is 1. The Morgan fingerprint density at radius 1 is 1.10 bits per heavy atom. The molecule has 3 rings (SSSR count). The molecule has 1 amide bonds. The van der Waals surface area contributed by atoms with Gasteiger partial charge in [-0.2, -0.15) is 4.31 Å². The van der Waals surface area contributed by atoms with E-state index in [4.69, 9.17) is 16.3 Å². The number of amides is 1. The number of rotatable bonds is 9. The Morgan fingerprint density at radius 2 is 1.81 bits per heavy atom. The topological polar surface area (TPSA) is 92.8 Å². The molecule has 0 bridgehead atoms. The summed E-state index contributed by atoms with van der Waals surface area (Å²) >= 11 is 7.63. The maximum absolute atomic E-state index is 12.7. The van der Waals surface area contributed by atoms with E-state index in [0.29, 0.717) is 18.8 Å². The molecule has 1 aliphatic heterocycles. The number of thioether (sulfide) groups is 1. The standard InChI is InChI=1S/C21H23ClN2O5S2/c22-18-9-8-17(31(27,28)24-11-4-5-12-24)14-19(18)23-20(25)15-29-21(26)10-13-30-16-6-2-1-3-7-16/h1-3,6-9,14H,4-5,10-13,15H2,(H,23,25). The van der Waals surface area contributed by atoms with Crippen LogP contribution >= 0.6 is 23.4 Å². The molecule has 2 aromatic carbocycles. The molecule has 0 spiro atoms. The van der Waals surface area contributed by atoms with E-state index >= 15 is 0 Å². The summed E-state index contributed by atoms with van der Waals surface area (Å²) in [5.74, 6) is -0.552. The second-order valence-corrected chi connectivity index (χ2v) is 10.4. The molecule has 31 heavy (non-hydrogen) atoms. The smallest absolute Gasteiger partial charge is 0.307 e. The molecule has 10 heteroatoms. The molecule has 0 saturated carbocycles. The van der Waals surface area contributed by atoms with Crippen molar-refractivity contribution in [2.45, 2.75) is 29.1 Å². The van der Waals surface area contributed by atoms with E-state index < -0.39 is 28.5 Å². The highest BCUT2D eigenvalue weighted by Crippen LogP contribution is 2.28. The van der Waals surface area contributed by atoms with Crippen molar-refractivity contribution in [3.05, 3.63) is 53.6 Å². The molecule has 2 aromatic rings. The van der Waals surface area contributed by atoms with Crippen molar-refractivity contribution in [1.29, 1.82) is 0 Å². The molecule has 1 saturated heterocycles.